The predicted octanol–water partition coefficient (Wildman–Crippen LogP) is 3.18. The van der Waals surface area contributed by atoms with Crippen molar-refractivity contribution >= 4 is 5.91 Å². The molecule has 3 aliphatic rings. The summed E-state index contributed by atoms with van der Waals surface area (Å²) in [7, 11) is 0. The third kappa shape index (κ3) is 3.28. The van der Waals surface area contributed by atoms with Gasteiger partial charge in [0.15, 0.2) is 0 Å². The molecule has 0 spiro atoms. The highest BCUT2D eigenvalue weighted by Gasteiger charge is 2.43. The molecule has 2 saturated carbocycles. The Kier molecular flexibility index (Phi) is 4.88. The molecule has 2 aliphatic carbocycles. The molecule has 1 heterocycles. The number of carbonyl (C=O) groups excluding carboxylic acids is 1. The Labute approximate surface area is 129 Å². The van der Waals surface area contributed by atoms with E-state index < -0.39 is 0 Å². The lowest BCUT2D eigenvalue weighted by atomic mass is 9.89. The van der Waals surface area contributed by atoms with Gasteiger partial charge in [-0.05, 0) is 43.4 Å². The van der Waals surface area contributed by atoms with Crippen molar-refractivity contribution in [3.05, 3.63) is 0 Å². The van der Waals surface area contributed by atoms with Crippen molar-refractivity contribution in [1.29, 1.82) is 0 Å². The number of likely N-dealkylation sites (tertiary alicyclic amines) is 1. The first-order valence-electron chi connectivity index (χ1n) is 9.23. The third-order valence-corrected chi connectivity index (χ3v) is 6.30. The lowest BCUT2D eigenvalue weighted by Crippen LogP contribution is -2.37. The molecule has 4 unspecified atom stereocenters. The van der Waals surface area contributed by atoms with Gasteiger partial charge in [-0.15, -0.1) is 0 Å². The summed E-state index contributed by atoms with van der Waals surface area (Å²) in [6.07, 6.45) is 11.2. The van der Waals surface area contributed by atoms with Gasteiger partial charge in [-0.25, -0.2) is 0 Å². The predicted molar refractivity (Wildman–Crippen MR) is 85.7 cm³/mol. The largest absolute Gasteiger partial charge is 0.342 e. The Hall–Kier alpha value is -0.570. The van der Waals surface area contributed by atoms with Gasteiger partial charge >= 0.3 is 0 Å². The van der Waals surface area contributed by atoms with Crippen LogP contribution in [0.4, 0.5) is 0 Å². The van der Waals surface area contributed by atoms with Crippen molar-refractivity contribution in [2.75, 3.05) is 13.1 Å². The molecule has 2 N–H and O–H groups in total. The Morgan fingerprint density at radius 2 is 1.95 bits per heavy atom. The Morgan fingerprint density at radius 3 is 2.62 bits per heavy atom. The Morgan fingerprint density at radius 1 is 1.19 bits per heavy atom. The zero-order valence-electron chi connectivity index (χ0n) is 13.6. The van der Waals surface area contributed by atoms with E-state index in [-0.39, 0.29) is 5.92 Å². The van der Waals surface area contributed by atoms with Crippen LogP contribution in [-0.2, 0) is 4.79 Å². The van der Waals surface area contributed by atoms with E-state index in [0.717, 1.165) is 44.7 Å². The maximum Gasteiger partial charge on any atom is 0.225 e. The normalized spacial score (nSPS) is 34.4. The topological polar surface area (TPSA) is 46.3 Å². The number of hydrogen-bond donors (Lipinski definition) is 1. The molecule has 0 aromatic rings. The second-order valence-corrected chi connectivity index (χ2v) is 7.78. The maximum atomic E-state index is 12.9. The molecule has 1 saturated heterocycles. The van der Waals surface area contributed by atoms with E-state index in [1.54, 1.807) is 0 Å². The first-order chi connectivity index (χ1) is 10.2. The van der Waals surface area contributed by atoms with Crippen molar-refractivity contribution < 1.29 is 4.79 Å². The van der Waals surface area contributed by atoms with Gasteiger partial charge in [0.05, 0.1) is 0 Å². The minimum absolute atomic E-state index is 0.285. The highest BCUT2D eigenvalue weighted by molar-refractivity contribution is 5.79. The van der Waals surface area contributed by atoms with Crippen LogP contribution in [0.15, 0.2) is 0 Å². The molecule has 3 nitrogen and oxygen atoms in total. The molecule has 1 aliphatic heterocycles. The van der Waals surface area contributed by atoms with Gasteiger partial charge in [0.2, 0.25) is 5.91 Å². The molecule has 4 atom stereocenters. The molecule has 21 heavy (non-hydrogen) atoms. The zero-order chi connectivity index (χ0) is 14.8. The number of amides is 1. The van der Waals surface area contributed by atoms with Crippen LogP contribution in [-0.4, -0.2) is 29.9 Å². The summed E-state index contributed by atoms with van der Waals surface area (Å²) in [5.41, 5.74) is 6.21. The lowest BCUT2D eigenvalue weighted by molar-refractivity contribution is -0.135. The summed E-state index contributed by atoms with van der Waals surface area (Å²) in [6.45, 7) is 4.14. The lowest BCUT2D eigenvalue weighted by Gasteiger charge is -2.26. The number of rotatable bonds is 5. The fraction of sp³-hybridized carbons (Fsp3) is 0.944. The van der Waals surface area contributed by atoms with E-state index in [9.17, 15) is 4.79 Å². The third-order valence-electron chi connectivity index (χ3n) is 6.30. The van der Waals surface area contributed by atoms with Gasteiger partial charge in [0.1, 0.15) is 0 Å². The van der Waals surface area contributed by atoms with E-state index in [0.29, 0.717) is 23.8 Å². The number of hydrogen-bond acceptors (Lipinski definition) is 2. The summed E-state index contributed by atoms with van der Waals surface area (Å²) < 4.78 is 0. The maximum absolute atomic E-state index is 12.9. The first-order valence-corrected chi connectivity index (χ1v) is 9.23. The quantitative estimate of drug-likeness (QED) is 0.846. The number of carbonyl (C=O) groups is 1. The van der Waals surface area contributed by atoms with Gasteiger partial charge in [-0.2, -0.15) is 0 Å². The molecular formula is C18H32N2O. The van der Waals surface area contributed by atoms with Crippen LogP contribution in [0, 0.1) is 23.7 Å². The van der Waals surface area contributed by atoms with Crippen LogP contribution in [0.2, 0.25) is 0 Å². The van der Waals surface area contributed by atoms with Crippen molar-refractivity contribution in [2.24, 2.45) is 29.4 Å². The fourth-order valence-corrected chi connectivity index (χ4v) is 5.08. The van der Waals surface area contributed by atoms with Crippen LogP contribution in [0.25, 0.3) is 0 Å². The molecule has 1 amide bonds. The number of nitrogens with zero attached hydrogens (tertiary/aromatic N) is 1. The molecule has 3 rings (SSSR count). The standard InChI is InChI=1S/C18H32N2O/c1-2-5-14(10-13-6-3-4-7-13)18(21)20-11-15-8-9-17(19)16(15)12-20/h13-17H,2-12,19H2,1H3. The van der Waals surface area contributed by atoms with Crippen LogP contribution < -0.4 is 5.73 Å². The molecular weight excluding hydrogens is 260 g/mol. The van der Waals surface area contributed by atoms with Crippen molar-refractivity contribution in [1.82, 2.24) is 4.90 Å². The van der Waals surface area contributed by atoms with Crippen molar-refractivity contribution in [3.63, 3.8) is 0 Å². The summed E-state index contributed by atoms with van der Waals surface area (Å²) in [6, 6.07) is 0.340. The molecule has 3 fully saturated rings. The van der Waals surface area contributed by atoms with Crippen LogP contribution >= 0.6 is 0 Å². The van der Waals surface area contributed by atoms with Crippen LogP contribution in [0.3, 0.4) is 0 Å². The first kappa shape index (κ1) is 15.3. The van der Waals surface area contributed by atoms with E-state index >= 15 is 0 Å². The molecule has 0 radical (unpaired) electrons. The molecule has 120 valence electrons. The van der Waals surface area contributed by atoms with E-state index in [4.69, 9.17) is 5.73 Å². The van der Waals surface area contributed by atoms with Crippen molar-refractivity contribution in [3.8, 4) is 0 Å². The van der Waals surface area contributed by atoms with E-state index in [1.165, 1.54) is 32.1 Å². The fourth-order valence-electron chi connectivity index (χ4n) is 5.08. The van der Waals surface area contributed by atoms with Gasteiger partial charge < -0.3 is 10.6 Å². The van der Waals surface area contributed by atoms with Gasteiger partial charge in [-0.1, -0.05) is 39.0 Å². The smallest absolute Gasteiger partial charge is 0.225 e. The monoisotopic (exact) mass is 292 g/mol. The average molecular weight is 292 g/mol. The van der Waals surface area contributed by atoms with Crippen LogP contribution in [0.5, 0.6) is 0 Å². The highest BCUT2D eigenvalue weighted by Crippen LogP contribution is 2.39. The summed E-state index contributed by atoms with van der Waals surface area (Å²) >= 11 is 0. The summed E-state index contributed by atoms with van der Waals surface area (Å²) in [5.74, 6) is 2.83. The Bertz CT molecular complexity index is 364. The minimum Gasteiger partial charge on any atom is -0.342 e. The number of fused-ring (bicyclic) bond motifs is 1. The van der Waals surface area contributed by atoms with Gasteiger partial charge in [-0.3, -0.25) is 4.79 Å². The van der Waals surface area contributed by atoms with Crippen molar-refractivity contribution in [2.45, 2.75) is 70.8 Å². The molecule has 0 aromatic carbocycles. The molecule has 0 bridgehead atoms. The minimum atomic E-state index is 0.285. The SMILES string of the molecule is CCCC(CC1CCCC1)C(=O)N1CC2CCC(N)C2C1. The summed E-state index contributed by atoms with van der Waals surface area (Å²) in [5, 5.41) is 0. The van der Waals surface area contributed by atoms with E-state index in [1.807, 2.05) is 0 Å². The summed E-state index contributed by atoms with van der Waals surface area (Å²) in [4.78, 5) is 15.1. The highest BCUT2D eigenvalue weighted by atomic mass is 16.2. The number of nitrogens with two attached hydrogens (primary N) is 1. The van der Waals surface area contributed by atoms with Gasteiger partial charge in [0, 0.05) is 25.0 Å². The second kappa shape index (κ2) is 6.68. The van der Waals surface area contributed by atoms with Crippen LogP contribution in [0.1, 0.15) is 64.7 Å². The molecule has 3 heteroatoms. The Balaban J connectivity index is 1.58. The van der Waals surface area contributed by atoms with E-state index in [2.05, 4.69) is 11.8 Å². The average Bonchev–Trinajstić information content (AvgIpc) is 3.17. The zero-order valence-corrected chi connectivity index (χ0v) is 13.6. The van der Waals surface area contributed by atoms with Gasteiger partial charge in [0.25, 0.3) is 0 Å². The second-order valence-electron chi connectivity index (χ2n) is 7.78. The molecule has 0 aromatic heterocycles.